The van der Waals surface area contributed by atoms with E-state index in [4.69, 9.17) is 10.6 Å². The van der Waals surface area contributed by atoms with Crippen LogP contribution in [0.4, 0.5) is 5.13 Å². The number of thiazole rings is 1. The van der Waals surface area contributed by atoms with Crippen LogP contribution >= 0.6 is 11.3 Å². The Morgan fingerprint density at radius 2 is 2.11 bits per heavy atom. The van der Waals surface area contributed by atoms with Crippen molar-refractivity contribution in [1.29, 1.82) is 0 Å². The predicted octanol–water partition coefficient (Wildman–Crippen LogP) is -2.90. The number of nitrogens with one attached hydrogen (secondary N) is 2. The lowest BCUT2D eigenvalue weighted by Gasteiger charge is -2.46. The summed E-state index contributed by atoms with van der Waals surface area (Å²) < 4.78 is 60.7. The molecule has 1 aromatic rings. The molecule has 1 aliphatic carbocycles. The van der Waals surface area contributed by atoms with Crippen molar-refractivity contribution in [2.45, 2.75) is 36.9 Å². The number of carboxylic acids is 1. The summed E-state index contributed by atoms with van der Waals surface area (Å²) in [6.07, 6.45) is 0.684. The van der Waals surface area contributed by atoms with Crippen molar-refractivity contribution in [1.82, 2.24) is 23.6 Å². The first kappa shape index (κ1) is 26.2. The molecule has 3 heterocycles. The molecule has 2 saturated heterocycles. The molecular weight excluding hydrogens is 546 g/mol. The molecule has 2 amide bonds. The highest BCUT2D eigenvalue weighted by atomic mass is 32.2. The average molecular weight is 568 g/mol. The van der Waals surface area contributed by atoms with Gasteiger partial charge in [0.25, 0.3) is 22.0 Å². The lowest BCUT2D eigenvalue weighted by molar-refractivity contribution is -0.153. The van der Waals surface area contributed by atoms with Gasteiger partial charge in [-0.3, -0.25) is 14.1 Å². The van der Waals surface area contributed by atoms with Crippen molar-refractivity contribution in [3.05, 3.63) is 11.1 Å². The summed E-state index contributed by atoms with van der Waals surface area (Å²) in [5.74, 6) is -3.61. The van der Waals surface area contributed by atoms with E-state index in [-0.39, 0.29) is 41.1 Å². The highest BCUT2D eigenvalue weighted by molar-refractivity contribution is 7.87. The first-order valence-electron chi connectivity index (χ1n) is 10.3. The molecule has 2 atom stereocenters. The molecular formula is C16H21N7O10S3. The minimum absolute atomic E-state index is 0.00985. The number of amides is 2. The van der Waals surface area contributed by atoms with Gasteiger partial charge in [0, 0.05) is 37.9 Å². The molecule has 3 aliphatic rings. The van der Waals surface area contributed by atoms with Gasteiger partial charge in [-0.1, -0.05) is 5.16 Å². The average Bonchev–Trinajstić information content (AvgIpc) is 3.45. The number of hydrogen-bond donors (Lipinski definition) is 5. The number of carboxylic acid groups (broad SMARTS) is 1. The number of nitrogens with two attached hydrogens (primary N) is 1. The van der Waals surface area contributed by atoms with Crippen molar-refractivity contribution in [3.63, 3.8) is 0 Å². The van der Waals surface area contributed by atoms with E-state index >= 15 is 0 Å². The van der Waals surface area contributed by atoms with Gasteiger partial charge in [0.15, 0.2) is 10.8 Å². The van der Waals surface area contributed by atoms with E-state index in [0.717, 1.165) is 15.6 Å². The molecule has 17 nitrogen and oxygen atoms in total. The summed E-state index contributed by atoms with van der Waals surface area (Å²) in [5.41, 5.74) is 3.34. The third kappa shape index (κ3) is 4.99. The van der Waals surface area contributed by atoms with Crippen LogP contribution < -0.4 is 15.8 Å². The van der Waals surface area contributed by atoms with Crippen molar-refractivity contribution in [2.75, 3.05) is 25.4 Å². The van der Waals surface area contributed by atoms with Crippen molar-refractivity contribution in [3.8, 4) is 0 Å². The highest BCUT2D eigenvalue weighted by Crippen LogP contribution is 2.40. The Bertz CT molecular complexity index is 1340. The van der Waals surface area contributed by atoms with Gasteiger partial charge < -0.3 is 21.0 Å². The second-order valence-corrected chi connectivity index (χ2v) is 12.1. The van der Waals surface area contributed by atoms with Crippen molar-refractivity contribution >= 4 is 60.5 Å². The maximum absolute atomic E-state index is 13.1. The normalized spacial score (nSPS) is 25.6. The summed E-state index contributed by atoms with van der Waals surface area (Å²) in [7, 11) is -9.06. The van der Waals surface area contributed by atoms with E-state index < -0.39 is 68.2 Å². The van der Waals surface area contributed by atoms with Crippen LogP contribution in [0, 0.1) is 0 Å². The zero-order valence-electron chi connectivity index (χ0n) is 18.2. The molecule has 0 aromatic carbocycles. The van der Waals surface area contributed by atoms with E-state index in [0.29, 0.717) is 6.42 Å². The van der Waals surface area contributed by atoms with Crippen LogP contribution in [0.15, 0.2) is 10.5 Å². The van der Waals surface area contributed by atoms with Gasteiger partial charge in [-0.05, 0) is 6.42 Å². The molecule has 0 bridgehead atoms. The number of rotatable bonds is 9. The smallest absolute Gasteiger partial charge is 0.362 e. The van der Waals surface area contributed by atoms with E-state index in [2.05, 4.69) is 20.2 Å². The summed E-state index contributed by atoms with van der Waals surface area (Å²) in [5, 5.41) is 16.5. The number of aliphatic carboxylic acids is 1. The minimum atomic E-state index is -5.08. The van der Waals surface area contributed by atoms with E-state index in [1.54, 1.807) is 0 Å². The summed E-state index contributed by atoms with van der Waals surface area (Å²) in [4.78, 5) is 46.0. The van der Waals surface area contributed by atoms with Gasteiger partial charge in [-0.2, -0.15) is 21.1 Å². The van der Waals surface area contributed by atoms with Gasteiger partial charge in [0.2, 0.25) is 5.60 Å². The number of anilines is 1. The molecule has 3 fully saturated rings. The third-order valence-electron chi connectivity index (χ3n) is 5.69. The second-order valence-electron chi connectivity index (χ2n) is 8.14. The minimum Gasteiger partial charge on any atom is -0.478 e. The van der Waals surface area contributed by atoms with E-state index in [9.17, 15) is 40.9 Å². The summed E-state index contributed by atoms with van der Waals surface area (Å²) in [6.45, 7) is -0.379. The maximum Gasteiger partial charge on any atom is 0.362 e. The van der Waals surface area contributed by atoms with E-state index in [1.807, 2.05) is 0 Å². The van der Waals surface area contributed by atoms with Gasteiger partial charge in [-0.25, -0.2) is 18.8 Å². The standard InChI is InChI=1S/C16H21N7O10S3/c17-15-19-8(7-34-15)10(21-33-16(2-3-16)14(26)27)12(24)20-11-9(23(13(11)25)36(30,31)32)6-22-5-1-4-18-35(22,28)29/h7,9,11,18H,1-6H2,(H2,17,19)(H,20,24)(H,26,27)(H,30,31,32)/b21-10-/t9-,11+/m1/s1. The molecule has 36 heavy (non-hydrogen) atoms. The van der Waals surface area contributed by atoms with Crippen LogP contribution in [0.5, 0.6) is 0 Å². The van der Waals surface area contributed by atoms with Crippen LogP contribution in [0.3, 0.4) is 0 Å². The predicted molar refractivity (Wildman–Crippen MR) is 121 cm³/mol. The molecule has 6 N–H and O–H groups in total. The SMILES string of the molecule is Nc1nc(/C(=N/OC2(C(=O)O)CC2)C(=O)N[C@@H]2C(=O)N(S(=O)(=O)O)[C@@H]2CN2CCCNS2(=O)=O)cs1. The fourth-order valence-corrected chi connectivity index (χ4v) is 6.33. The molecule has 0 spiro atoms. The second kappa shape index (κ2) is 9.19. The zero-order chi connectivity index (χ0) is 26.5. The Morgan fingerprint density at radius 3 is 2.64 bits per heavy atom. The largest absolute Gasteiger partial charge is 0.478 e. The quantitative estimate of drug-likeness (QED) is 0.0872. The molecule has 4 rings (SSSR count). The number of hydrogen-bond acceptors (Lipinski definition) is 12. The van der Waals surface area contributed by atoms with Crippen LogP contribution in [0.25, 0.3) is 0 Å². The Kier molecular flexibility index (Phi) is 6.68. The van der Waals surface area contributed by atoms with Crippen LogP contribution in [0.2, 0.25) is 0 Å². The molecule has 0 unspecified atom stereocenters. The number of β-lactam (4-membered cyclic amide) rings is 1. The lowest BCUT2D eigenvalue weighted by atomic mass is 9.98. The van der Waals surface area contributed by atoms with Gasteiger partial charge in [-0.15, -0.1) is 11.3 Å². The monoisotopic (exact) mass is 567 g/mol. The topological polar surface area (TPSA) is 251 Å². The maximum atomic E-state index is 13.1. The number of oxime groups is 1. The fourth-order valence-electron chi connectivity index (χ4n) is 3.61. The lowest BCUT2D eigenvalue weighted by Crippen LogP contribution is -2.75. The Labute approximate surface area is 208 Å². The molecule has 198 valence electrons. The molecule has 1 saturated carbocycles. The number of nitrogen functional groups attached to an aromatic ring is 1. The van der Waals surface area contributed by atoms with Crippen LogP contribution in [-0.2, 0) is 39.7 Å². The van der Waals surface area contributed by atoms with Crippen LogP contribution in [-0.4, -0.2) is 101 Å². The first-order valence-corrected chi connectivity index (χ1v) is 14.0. The molecule has 20 heteroatoms. The number of nitrogens with zero attached hydrogens (tertiary/aromatic N) is 4. The highest BCUT2D eigenvalue weighted by Gasteiger charge is 2.56. The van der Waals surface area contributed by atoms with Gasteiger partial charge in [0.1, 0.15) is 11.7 Å². The zero-order valence-corrected chi connectivity index (χ0v) is 20.7. The Hall–Kier alpha value is -2.91. The number of carbonyl (C=O) groups is 3. The molecule has 1 aromatic heterocycles. The van der Waals surface area contributed by atoms with Gasteiger partial charge in [0.05, 0.1) is 6.04 Å². The summed E-state index contributed by atoms with van der Waals surface area (Å²) in [6, 6.07) is -3.06. The van der Waals surface area contributed by atoms with Crippen molar-refractivity contribution in [2.24, 2.45) is 5.16 Å². The third-order valence-corrected chi connectivity index (χ3v) is 8.89. The van der Waals surface area contributed by atoms with Gasteiger partial charge >= 0.3 is 16.3 Å². The Balaban J connectivity index is 1.59. The number of carbonyl (C=O) groups excluding carboxylic acids is 2. The van der Waals surface area contributed by atoms with E-state index in [1.165, 1.54) is 5.38 Å². The summed E-state index contributed by atoms with van der Waals surface area (Å²) >= 11 is 0.938. The number of aromatic nitrogens is 1. The fraction of sp³-hybridized carbons (Fsp3) is 0.562. The van der Waals surface area contributed by atoms with Crippen LogP contribution in [0.1, 0.15) is 25.0 Å². The molecule has 2 aliphatic heterocycles. The Morgan fingerprint density at radius 1 is 1.42 bits per heavy atom. The molecule has 0 radical (unpaired) electrons. The van der Waals surface area contributed by atoms with Crippen molar-refractivity contribution < 1.29 is 45.7 Å². The first-order chi connectivity index (χ1) is 16.7.